The second-order valence-electron chi connectivity index (χ2n) is 16.6. The van der Waals surface area contributed by atoms with Gasteiger partial charge in [-0.1, -0.05) is 60.7 Å². The molecule has 0 saturated heterocycles. The molecule has 5 atom stereocenters. The van der Waals surface area contributed by atoms with E-state index in [1.165, 1.54) is 6.92 Å². The summed E-state index contributed by atoms with van der Waals surface area (Å²) in [6, 6.07) is 14.3. The number of aromatic amines is 1. The number of H-pyrrole nitrogens is 1. The van der Waals surface area contributed by atoms with Gasteiger partial charge >= 0.3 is 0 Å². The number of guanidine groups is 1. The predicted molar refractivity (Wildman–Crippen MR) is 253 cm³/mol. The van der Waals surface area contributed by atoms with E-state index in [2.05, 4.69) is 67.1 Å². The fourth-order valence-corrected chi connectivity index (χ4v) is 7.35. The van der Waals surface area contributed by atoms with Gasteiger partial charge in [0.05, 0.1) is 6.54 Å². The second-order valence-corrected chi connectivity index (χ2v) is 18.9. The van der Waals surface area contributed by atoms with E-state index in [9.17, 15) is 33.6 Å². The lowest BCUT2D eigenvalue weighted by Gasteiger charge is -2.30. The van der Waals surface area contributed by atoms with E-state index in [1.54, 1.807) is 33.9 Å². The highest BCUT2D eigenvalue weighted by molar-refractivity contribution is 7.82. The third kappa shape index (κ3) is 14.9. The molecule has 0 fully saturated rings. The van der Waals surface area contributed by atoms with Crippen molar-refractivity contribution in [3.63, 3.8) is 0 Å². The lowest BCUT2D eigenvalue weighted by molar-refractivity contribution is -0.134. The first-order chi connectivity index (χ1) is 30.0. The predicted octanol–water partition coefficient (Wildman–Crippen LogP) is 0.622. The molecule has 344 valence electrons. The number of hydrogen-bond donors (Lipinski definition) is 12. The first-order valence-corrected chi connectivity index (χ1v) is 21.5. The van der Waals surface area contributed by atoms with Crippen molar-refractivity contribution < 1.29 is 33.6 Å². The van der Waals surface area contributed by atoms with Gasteiger partial charge in [0.1, 0.15) is 30.2 Å². The maximum absolute atomic E-state index is 14.4. The first-order valence-electron chi connectivity index (χ1n) is 20.6. The maximum Gasteiger partial charge on any atom is 0.244 e. The van der Waals surface area contributed by atoms with E-state index < -0.39 is 87.6 Å². The van der Waals surface area contributed by atoms with Crippen LogP contribution in [0.2, 0.25) is 0 Å². The normalized spacial score (nSPS) is 13.9. The Morgan fingerprint density at radius 3 is 1.92 bits per heavy atom. The average Bonchev–Trinajstić information content (AvgIpc) is 3.62. The zero-order chi connectivity index (χ0) is 47.4. The number of hydrogen-bond acceptors (Lipinski definition) is 10. The number of carbonyl (C=O) groups is 7. The van der Waals surface area contributed by atoms with Crippen molar-refractivity contribution in [1.82, 2.24) is 36.9 Å². The summed E-state index contributed by atoms with van der Waals surface area (Å²) < 4.78 is -2.08. The van der Waals surface area contributed by atoms with Crippen LogP contribution in [0.25, 0.3) is 21.7 Å². The van der Waals surface area contributed by atoms with Crippen LogP contribution in [-0.4, -0.2) is 105 Å². The number of fused-ring (bicyclic) bond motifs is 2. The molecule has 0 aliphatic heterocycles. The first kappa shape index (κ1) is 50.4. The Balaban J connectivity index is 1.65. The lowest BCUT2D eigenvalue weighted by atomic mass is 9.99. The molecule has 18 nitrogen and oxygen atoms in total. The number of nitrogens with two attached hydrogens (primary N) is 3. The Kier molecular flexibility index (Phi) is 17.6. The number of nitrogens with one attached hydrogen (secondary N) is 7. The van der Waals surface area contributed by atoms with Crippen molar-refractivity contribution in [3.05, 3.63) is 84.1 Å². The van der Waals surface area contributed by atoms with E-state index in [-0.39, 0.29) is 38.2 Å². The standard InChI is InChI=1S/C44H59N11O7S2/c1-24(56)51-36(44(4,5)64)41(62)50-23-34(57)52-32(20-25-16-17-26-11-6-7-12-27(26)19-25)39(60)53-31(15-10-18-48-42(46)47)38(59)54-33(40(61)55-35(37(45)58)43(2,3)63)21-28-22-49-30-14-9-8-13-29(28)30/h6-9,11-14,16-17,19,22,31-33,35-36,49,63-64H,10,15,18,20-21,23H2,1-5H3,(H2,45,58)(H,50,62)(H,51,56)(H,52,57)(H,53,60)(H,54,59)(H,55,61)(H4,46,47,48)/t31-,32+,33-,35+,36+/m0/s1. The van der Waals surface area contributed by atoms with Crippen molar-refractivity contribution >= 4 is 94.2 Å². The number of primary amides is 1. The monoisotopic (exact) mass is 917 g/mol. The quantitative estimate of drug-likeness (QED) is 0.0228. The summed E-state index contributed by atoms with van der Waals surface area (Å²) in [5.74, 6) is -5.17. The number of amides is 7. The van der Waals surface area contributed by atoms with Gasteiger partial charge in [0.2, 0.25) is 41.4 Å². The Labute approximate surface area is 382 Å². The highest BCUT2D eigenvalue weighted by atomic mass is 32.1. The van der Waals surface area contributed by atoms with Crippen LogP contribution in [-0.2, 0) is 46.4 Å². The van der Waals surface area contributed by atoms with Gasteiger partial charge in [-0.25, -0.2) is 0 Å². The summed E-state index contributed by atoms with van der Waals surface area (Å²) in [4.78, 5) is 101. The van der Waals surface area contributed by atoms with Crippen LogP contribution >= 0.6 is 25.3 Å². The van der Waals surface area contributed by atoms with E-state index in [1.807, 2.05) is 66.7 Å². The molecule has 1 heterocycles. The maximum atomic E-state index is 14.4. The zero-order valence-corrected chi connectivity index (χ0v) is 38.3. The van der Waals surface area contributed by atoms with Gasteiger partial charge < -0.3 is 54.1 Å². The number of para-hydroxylation sites is 1. The van der Waals surface area contributed by atoms with Gasteiger partial charge in [0.15, 0.2) is 5.96 Å². The summed E-state index contributed by atoms with van der Waals surface area (Å²) in [5, 5.41) is 18.5. The van der Waals surface area contributed by atoms with Crippen molar-refractivity contribution in [2.24, 2.45) is 22.2 Å². The fraction of sp³-hybridized carbons (Fsp3) is 0.409. The van der Waals surface area contributed by atoms with E-state index >= 15 is 0 Å². The number of benzene rings is 3. The molecule has 7 amide bonds. The molecule has 0 unspecified atom stereocenters. The van der Waals surface area contributed by atoms with Gasteiger partial charge in [0, 0.05) is 52.9 Å². The minimum Gasteiger partial charge on any atom is -0.370 e. The van der Waals surface area contributed by atoms with Gasteiger partial charge in [-0.05, 0) is 68.5 Å². The second kappa shape index (κ2) is 22.4. The van der Waals surface area contributed by atoms with Crippen LogP contribution in [0.4, 0.5) is 0 Å². The van der Waals surface area contributed by atoms with Crippen LogP contribution < -0.4 is 49.1 Å². The minimum absolute atomic E-state index is 0.0138. The number of rotatable bonds is 22. The van der Waals surface area contributed by atoms with Gasteiger partial charge in [-0.2, -0.15) is 25.3 Å². The molecule has 0 spiro atoms. The van der Waals surface area contributed by atoms with Gasteiger partial charge in [-0.3, -0.25) is 38.6 Å². The third-order valence-electron chi connectivity index (χ3n) is 10.2. The molecule has 0 aliphatic rings. The summed E-state index contributed by atoms with van der Waals surface area (Å²) >= 11 is 8.91. The lowest BCUT2D eigenvalue weighted by Crippen LogP contribution is -2.61. The average molecular weight is 918 g/mol. The summed E-state index contributed by atoms with van der Waals surface area (Å²) in [7, 11) is 0. The Bertz CT molecular complexity index is 2370. The number of thiol groups is 2. The van der Waals surface area contributed by atoms with Crippen LogP contribution in [0.3, 0.4) is 0 Å². The number of aromatic nitrogens is 1. The molecular formula is C44H59N11O7S2. The zero-order valence-electron chi connectivity index (χ0n) is 36.5. The summed E-state index contributed by atoms with van der Waals surface area (Å²) in [6.07, 6.45) is 1.84. The molecule has 0 saturated carbocycles. The number of nitrogens with zero attached hydrogens (tertiary/aromatic N) is 1. The van der Waals surface area contributed by atoms with Crippen LogP contribution in [0.1, 0.15) is 58.6 Å². The fourth-order valence-electron chi connectivity index (χ4n) is 6.98. The topological polar surface area (TPSA) is 298 Å². The van der Waals surface area contributed by atoms with Crippen LogP contribution in [0.5, 0.6) is 0 Å². The van der Waals surface area contributed by atoms with Crippen molar-refractivity contribution in [2.75, 3.05) is 13.1 Å². The van der Waals surface area contributed by atoms with Gasteiger partial charge in [-0.15, -0.1) is 0 Å². The molecule has 1 aromatic heterocycles. The van der Waals surface area contributed by atoms with E-state index in [0.29, 0.717) is 11.1 Å². The highest BCUT2D eigenvalue weighted by Gasteiger charge is 2.37. The largest absolute Gasteiger partial charge is 0.370 e. The SMILES string of the molecule is CC(=O)N[C@H](C(=O)NCC(=O)N[C@H](Cc1ccc2ccccc2c1)C(=O)N[C@@H](CCCN=C(N)N)C(=O)N[C@@H](Cc1c[nH]c2ccccc12)C(=O)N[C@H](C(N)=O)C(C)(C)S)C(C)(C)S. The molecule has 0 aliphatic carbocycles. The molecule has 20 heteroatoms. The molecule has 3 aromatic carbocycles. The summed E-state index contributed by atoms with van der Waals surface area (Å²) in [6.45, 7) is 7.24. The Morgan fingerprint density at radius 1 is 0.688 bits per heavy atom. The molecule has 0 radical (unpaired) electrons. The number of aliphatic imine (C=N–C) groups is 1. The van der Waals surface area contributed by atoms with Crippen molar-refractivity contribution in [1.29, 1.82) is 0 Å². The molecule has 13 N–H and O–H groups in total. The third-order valence-corrected chi connectivity index (χ3v) is 10.7. The Hall–Kier alpha value is -6.28. The Morgan fingerprint density at radius 2 is 1.28 bits per heavy atom. The molecular weight excluding hydrogens is 859 g/mol. The number of carbonyl (C=O) groups excluding carboxylic acids is 7. The highest BCUT2D eigenvalue weighted by Crippen LogP contribution is 2.22. The molecule has 4 aromatic rings. The molecule has 4 rings (SSSR count). The van der Waals surface area contributed by atoms with Crippen molar-refractivity contribution in [2.45, 2.75) is 100 Å². The smallest absolute Gasteiger partial charge is 0.244 e. The van der Waals surface area contributed by atoms with E-state index in [0.717, 1.165) is 21.7 Å². The summed E-state index contributed by atoms with van der Waals surface area (Å²) in [5.41, 5.74) is 18.9. The van der Waals surface area contributed by atoms with Gasteiger partial charge in [0.25, 0.3) is 0 Å². The van der Waals surface area contributed by atoms with Crippen LogP contribution in [0, 0.1) is 0 Å². The molecule has 64 heavy (non-hydrogen) atoms. The van der Waals surface area contributed by atoms with Crippen molar-refractivity contribution in [3.8, 4) is 0 Å². The minimum atomic E-state index is -1.31. The van der Waals surface area contributed by atoms with E-state index in [4.69, 9.17) is 17.2 Å². The van der Waals surface area contributed by atoms with Crippen LogP contribution in [0.15, 0.2) is 77.9 Å². The molecule has 0 bridgehead atoms.